The zero-order valence-corrected chi connectivity index (χ0v) is 29.1. The summed E-state index contributed by atoms with van der Waals surface area (Å²) in [6.07, 6.45) is 3.97. The number of carbonyl (C=O) groups excluding carboxylic acids is 4. The minimum absolute atomic E-state index is 0.0218. The number of aryl methyl sites for hydroxylation is 1. The molecule has 4 rings (SSSR count). The number of hydrogen-bond donors (Lipinski definition) is 2. The first kappa shape index (κ1) is 35.5. The van der Waals surface area contributed by atoms with Crippen molar-refractivity contribution in [2.24, 2.45) is 0 Å². The van der Waals surface area contributed by atoms with Gasteiger partial charge in [0.25, 0.3) is 0 Å². The monoisotopic (exact) mass is 644 g/mol. The van der Waals surface area contributed by atoms with Gasteiger partial charge in [0.05, 0.1) is 19.9 Å². The topological polar surface area (TPSA) is 144 Å². The Kier molecular flexibility index (Phi) is 11.4. The van der Waals surface area contributed by atoms with Crippen molar-refractivity contribution in [3.63, 3.8) is 0 Å². The van der Waals surface area contributed by atoms with Crippen LogP contribution in [0.5, 0.6) is 0 Å². The van der Waals surface area contributed by atoms with Gasteiger partial charge in [0.1, 0.15) is 5.92 Å². The highest BCUT2D eigenvalue weighted by Crippen LogP contribution is 2.45. The Balaban J connectivity index is 2.27. The number of ketones is 2. The Morgan fingerprint density at radius 3 is 2.21 bits per heavy atom. The van der Waals surface area contributed by atoms with Gasteiger partial charge in [-0.1, -0.05) is 33.8 Å². The van der Waals surface area contributed by atoms with Crippen LogP contribution in [-0.4, -0.2) is 57.7 Å². The van der Waals surface area contributed by atoms with E-state index in [1.165, 1.54) is 14.2 Å². The number of nitrogens with zero attached hydrogens (tertiary/aromatic N) is 2. The molecule has 10 heteroatoms. The van der Waals surface area contributed by atoms with Crippen LogP contribution in [0.25, 0.3) is 11.6 Å². The summed E-state index contributed by atoms with van der Waals surface area (Å²) in [6.45, 7) is 13.6. The number of fused-ring (bicyclic) bond motifs is 6. The zero-order chi connectivity index (χ0) is 34.6. The zero-order valence-electron chi connectivity index (χ0n) is 29.1. The standard InChI is InChI=1S/C37H48N4O6/c1-10-23-15-27-21(6)26(13-14-33(44)46-8)36(41-27)34-31(18-32(43)35(34)37(45)47-9)39-24(11-2)16-30-25(12-3)20(5)29(40-30)17-28(38-23)19(4)22(7)42/h10,15-17,20-21,25-26,35,38-39H,11-14,18H2,1-9H3/b23-10+,24-16?,27-15?,28-19+,29-17?. The molecule has 0 saturated carbocycles. The number of esters is 2. The van der Waals surface area contributed by atoms with Crippen molar-refractivity contribution in [3.8, 4) is 0 Å². The number of Topliss-reactive ketones (excluding diaryl/α,β-unsaturated/α-hetero) is 2. The fourth-order valence-corrected chi connectivity index (χ4v) is 6.78. The quantitative estimate of drug-likeness (QED) is 0.319. The highest BCUT2D eigenvalue weighted by atomic mass is 16.5. The van der Waals surface area contributed by atoms with Gasteiger partial charge in [-0.05, 0) is 58.2 Å². The average molecular weight is 645 g/mol. The van der Waals surface area contributed by atoms with Crippen LogP contribution in [0, 0.1) is 0 Å². The maximum absolute atomic E-state index is 13.5. The highest BCUT2D eigenvalue weighted by Gasteiger charge is 2.43. The molecule has 1 aliphatic carbocycles. The number of H-pyrrole nitrogens is 2. The summed E-state index contributed by atoms with van der Waals surface area (Å²) in [7, 11) is 2.63. The van der Waals surface area contributed by atoms with E-state index in [1.54, 1.807) is 13.8 Å². The predicted molar refractivity (Wildman–Crippen MR) is 179 cm³/mol. The van der Waals surface area contributed by atoms with Crippen LogP contribution in [0.1, 0.15) is 137 Å². The minimum Gasteiger partial charge on any atom is -0.469 e. The highest BCUT2D eigenvalue weighted by molar-refractivity contribution is 6.12. The summed E-state index contributed by atoms with van der Waals surface area (Å²) in [5.41, 5.74) is 5.64. The first-order valence-corrected chi connectivity index (χ1v) is 16.5. The molecule has 0 fully saturated rings. The van der Waals surface area contributed by atoms with Gasteiger partial charge in [0, 0.05) is 86.8 Å². The van der Waals surface area contributed by atoms with E-state index in [-0.39, 0.29) is 54.0 Å². The predicted octanol–water partition coefficient (Wildman–Crippen LogP) is 4.77. The van der Waals surface area contributed by atoms with Gasteiger partial charge >= 0.3 is 11.9 Å². The molecule has 0 radical (unpaired) electrons. The Labute approximate surface area is 276 Å². The molecule has 252 valence electrons. The third kappa shape index (κ3) is 7.31. The van der Waals surface area contributed by atoms with Gasteiger partial charge in [-0.15, -0.1) is 0 Å². The number of ether oxygens (including phenoxy) is 2. The second-order valence-electron chi connectivity index (χ2n) is 12.6. The lowest BCUT2D eigenvalue weighted by atomic mass is 9.84. The number of nitrogens with one attached hydrogen (secondary N) is 2. The first-order chi connectivity index (χ1) is 22.4. The van der Waals surface area contributed by atoms with Crippen molar-refractivity contribution >= 4 is 35.2 Å². The second kappa shape index (κ2) is 15.0. The van der Waals surface area contributed by atoms with E-state index in [1.807, 2.05) is 45.0 Å². The maximum atomic E-state index is 13.5. The molecule has 0 amide bonds. The fraction of sp³-hybridized carbons (Fsp3) is 0.514. The largest absolute Gasteiger partial charge is 0.469 e. The lowest BCUT2D eigenvalue weighted by Crippen LogP contribution is -2.21. The average Bonchev–Trinajstić information content (AvgIpc) is 3.65. The number of carbonyl (C=O) groups is 4. The summed E-state index contributed by atoms with van der Waals surface area (Å²) < 4.78 is 10.1. The minimum atomic E-state index is -1.14. The molecule has 1 aromatic rings. The smallest absolute Gasteiger partial charge is 0.320 e. The summed E-state index contributed by atoms with van der Waals surface area (Å²) >= 11 is 0. The molecule has 3 aliphatic rings. The molecule has 10 nitrogen and oxygen atoms in total. The van der Waals surface area contributed by atoms with Gasteiger partial charge < -0.3 is 19.4 Å². The number of aromatic nitrogens is 4. The Morgan fingerprint density at radius 2 is 1.62 bits per heavy atom. The molecule has 0 aromatic carbocycles. The van der Waals surface area contributed by atoms with E-state index in [0.29, 0.717) is 40.7 Å². The Hall–Kier alpha value is -4.34. The van der Waals surface area contributed by atoms with Crippen LogP contribution in [0.3, 0.4) is 0 Å². The molecule has 0 saturated heterocycles. The third-order valence-electron chi connectivity index (χ3n) is 9.84. The van der Waals surface area contributed by atoms with Crippen LogP contribution in [0.2, 0.25) is 0 Å². The second-order valence-corrected chi connectivity index (χ2v) is 12.6. The van der Waals surface area contributed by atoms with Crippen molar-refractivity contribution in [2.45, 2.75) is 110 Å². The van der Waals surface area contributed by atoms with Crippen LogP contribution in [0.15, 0.2) is 18.2 Å². The van der Waals surface area contributed by atoms with Crippen molar-refractivity contribution < 1.29 is 28.7 Å². The summed E-state index contributed by atoms with van der Waals surface area (Å²) in [5, 5.41) is 1.38. The molecule has 5 unspecified atom stereocenters. The van der Waals surface area contributed by atoms with E-state index in [4.69, 9.17) is 19.4 Å². The van der Waals surface area contributed by atoms with Gasteiger partial charge in [-0.3, -0.25) is 29.1 Å². The van der Waals surface area contributed by atoms with E-state index in [0.717, 1.165) is 34.5 Å². The Bertz CT molecular complexity index is 1780. The van der Waals surface area contributed by atoms with Crippen LogP contribution < -0.4 is 10.7 Å². The fourth-order valence-electron chi connectivity index (χ4n) is 6.78. The molecule has 2 N–H and O–H groups in total. The van der Waals surface area contributed by atoms with Gasteiger partial charge in [0.2, 0.25) is 0 Å². The lowest BCUT2D eigenvalue weighted by Gasteiger charge is -2.18. The van der Waals surface area contributed by atoms with Gasteiger partial charge in [-0.25, -0.2) is 0 Å². The summed E-state index contributed by atoms with van der Waals surface area (Å²) in [5.74, 6) is -2.66. The molecular formula is C37H48N4O6. The first-order valence-electron chi connectivity index (χ1n) is 16.5. The number of aromatic amines is 2. The van der Waals surface area contributed by atoms with Crippen LogP contribution in [-0.2, 0) is 41.5 Å². The number of rotatable bonds is 7. The van der Waals surface area contributed by atoms with Crippen molar-refractivity contribution in [2.75, 3.05) is 14.2 Å². The van der Waals surface area contributed by atoms with Crippen molar-refractivity contribution in [1.29, 1.82) is 0 Å². The molecule has 4 bridgehead atoms. The normalized spacial score (nSPS) is 22.5. The summed E-state index contributed by atoms with van der Waals surface area (Å²) in [6, 6.07) is 5.95. The van der Waals surface area contributed by atoms with E-state index >= 15 is 0 Å². The van der Waals surface area contributed by atoms with E-state index < -0.39 is 11.9 Å². The van der Waals surface area contributed by atoms with E-state index in [2.05, 4.69) is 23.8 Å². The van der Waals surface area contributed by atoms with Crippen molar-refractivity contribution in [3.05, 3.63) is 68.6 Å². The molecular weight excluding hydrogens is 596 g/mol. The molecule has 2 aliphatic heterocycles. The lowest BCUT2D eigenvalue weighted by molar-refractivity contribution is -0.145. The number of hydrogen-bond acceptors (Lipinski definition) is 8. The molecule has 5 atom stereocenters. The van der Waals surface area contributed by atoms with Crippen LogP contribution >= 0.6 is 0 Å². The number of methoxy groups -OCH3 is 2. The van der Waals surface area contributed by atoms with Gasteiger partial charge in [0.15, 0.2) is 11.6 Å². The maximum Gasteiger partial charge on any atom is 0.320 e. The Morgan fingerprint density at radius 1 is 0.936 bits per heavy atom. The molecule has 3 heterocycles. The SMILES string of the molecule is C/C=c1\cc2nc(c3c([nH]c(CC)cc4nc(c/c(=C(/C)C(C)=O)[nH]1)C(C)C4CC)CC(=O)C3C(=O)OC)C(CCC(=O)OC)C2C. The molecule has 0 spiro atoms. The van der Waals surface area contributed by atoms with Crippen molar-refractivity contribution in [1.82, 2.24) is 19.9 Å². The summed E-state index contributed by atoms with van der Waals surface area (Å²) in [4.78, 5) is 68.9. The van der Waals surface area contributed by atoms with Crippen LogP contribution in [0.4, 0.5) is 0 Å². The molecule has 1 aromatic heterocycles. The third-order valence-corrected chi connectivity index (χ3v) is 9.84. The van der Waals surface area contributed by atoms with Gasteiger partial charge in [-0.2, -0.15) is 0 Å². The molecule has 47 heavy (non-hydrogen) atoms. The van der Waals surface area contributed by atoms with E-state index in [9.17, 15) is 19.2 Å².